The highest BCUT2D eigenvalue weighted by molar-refractivity contribution is 6.04. The molecule has 1 amide bonds. The number of hydrogen-bond donors (Lipinski definition) is 3. The lowest BCUT2D eigenvalue weighted by molar-refractivity contribution is -0.384. The van der Waals surface area contributed by atoms with Gasteiger partial charge in [0.2, 0.25) is 0 Å². The number of hydrogen-bond acceptors (Lipinski definition) is 7. The van der Waals surface area contributed by atoms with Crippen molar-refractivity contribution in [3.05, 3.63) is 69.3 Å². The number of benzene rings is 3. The largest absolute Gasteiger partial charge is 0.507 e. The van der Waals surface area contributed by atoms with Gasteiger partial charge in [-0.2, -0.15) is 0 Å². The zero-order chi connectivity index (χ0) is 22.0. The minimum absolute atomic E-state index is 0.0182. The van der Waals surface area contributed by atoms with E-state index >= 15 is 0 Å². The van der Waals surface area contributed by atoms with E-state index in [1.807, 2.05) is 0 Å². The van der Waals surface area contributed by atoms with Gasteiger partial charge < -0.3 is 20.3 Å². The number of nitrogens with zero attached hydrogens (tertiary/aromatic N) is 1. The van der Waals surface area contributed by atoms with Crippen LogP contribution in [0.5, 0.6) is 11.5 Å². The molecular formula is C21H18N2O7. The van der Waals surface area contributed by atoms with Gasteiger partial charge in [-0.25, -0.2) is 4.79 Å². The third-order valence-electron chi connectivity index (χ3n) is 4.63. The molecule has 3 N–H and O–H groups in total. The first-order valence-electron chi connectivity index (χ1n) is 8.85. The lowest BCUT2D eigenvalue weighted by atomic mass is 10.0. The van der Waals surface area contributed by atoms with E-state index in [-0.39, 0.29) is 28.1 Å². The molecule has 0 fully saturated rings. The molecule has 0 aliphatic rings. The highest BCUT2D eigenvalue weighted by Gasteiger charge is 2.21. The summed E-state index contributed by atoms with van der Waals surface area (Å²) in [5, 5.41) is 34.5. The van der Waals surface area contributed by atoms with Gasteiger partial charge in [-0.15, -0.1) is 0 Å². The molecule has 0 bridgehead atoms. The molecule has 0 unspecified atom stereocenters. The number of rotatable bonds is 5. The molecule has 154 valence electrons. The Bertz CT molecular complexity index is 1190. The molecule has 0 spiro atoms. The fourth-order valence-corrected chi connectivity index (χ4v) is 2.94. The van der Waals surface area contributed by atoms with Crippen molar-refractivity contribution < 1.29 is 29.5 Å². The maximum absolute atomic E-state index is 12.3. The monoisotopic (exact) mass is 410 g/mol. The molecule has 0 aliphatic heterocycles. The van der Waals surface area contributed by atoms with Crippen molar-refractivity contribution in [3.8, 4) is 11.5 Å². The number of anilines is 1. The van der Waals surface area contributed by atoms with Gasteiger partial charge in [0.1, 0.15) is 22.7 Å². The second kappa shape index (κ2) is 8.08. The number of aromatic hydroxyl groups is 2. The lowest BCUT2D eigenvalue weighted by Crippen LogP contribution is -2.21. The summed E-state index contributed by atoms with van der Waals surface area (Å²) in [4.78, 5) is 35.1. The SMILES string of the molecule is Cc1cc(NC(=O)COC(=O)c2cc(O)c3ccccc3c2O)c([N+](=O)[O-])cc1C. The third kappa shape index (κ3) is 4.00. The lowest BCUT2D eigenvalue weighted by Gasteiger charge is -2.11. The number of carbonyl (C=O) groups excluding carboxylic acids is 2. The molecule has 0 heterocycles. The fourth-order valence-electron chi connectivity index (χ4n) is 2.94. The summed E-state index contributed by atoms with van der Waals surface area (Å²) in [6, 6.07) is 10.2. The van der Waals surface area contributed by atoms with E-state index in [1.165, 1.54) is 18.2 Å². The Morgan fingerprint density at radius 3 is 2.37 bits per heavy atom. The number of nitro benzene ring substituents is 1. The van der Waals surface area contributed by atoms with Gasteiger partial charge >= 0.3 is 5.97 Å². The minimum atomic E-state index is -1.03. The van der Waals surface area contributed by atoms with Crippen LogP contribution in [0, 0.1) is 24.0 Å². The standard InChI is InChI=1S/C21H18N2O7/c1-11-7-16(17(23(28)29)8-12(11)2)22-19(25)10-30-21(27)15-9-18(24)13-5-3-4-6-14(13)20(15)26/h3-9,24,26H,10H2,1-2H3,(H,22,25). The third-order valence-corrected chi connectivity index (χ3v) is 4.63. The normalized spacial score (nSPS) is 10.6. The summed E-state index contributed by atoms with van der Waals surface area (Å²) < 4.78 is 4.91. The van der Waals surface area contributed by atoms with Crippen LogP contribution < -0.4 is 5.32 Å². The number of nitrogens with one attached hydrogen (secondary N) is 1. The van der Waals surface area contributed by atoms with Crippen LogP contribution in [-0.4, -0.2) is 33.6 Å². The number of aryl methyl sites for hydroxylation is 2. The Morgan fingerprint density at radius 2 is 1.70 bits per heavy atom. The van der Waals surface area contributed by atoms with Gasteiger partial charge in [-0.1, -0.05) is 24.3 Å². The van der Waals surface area contributed by atoms with E-state index < -0.39 is 29.2 Å². The van der Waals surface area contributed by atoms with Crippen molar-refractivity contribution in [2.75, 3.05) is 11.9 Å². The van der Waals surface area contributed by atoms with Crippen LogP contribution in [-0.2, 0) is 9.53 Å². The van der Waals surface area contributed by atoms with Gasteiger partial charge in [0.15, 0.2) is 6.61 Å². The maximum atomic E-state index is 12.3. The number of carbonyl (C=O) groups is 2. The van der Waals surface area contributed by atoms with Gasteiger partial charge in [-0.05, 0) is 37.1 Å². The van der Waals surface area contributed by atoms with E-state index in [0.29, 0.717) is 10.9 Å². The molecule has 0 aromatic heterocycles. The van der Waals surface area contributed by atoms with Crippen LogP contribution in [0.3, 0.4) is 0 Å². The first kappa shape index (κ1) is 20.6. The summed E-state index contributed by atoms with van der Waals surface area (Å²) in [6.07, 6.45) is 0. The van der Waals surface area contributed by atoms with Crippen molar-refractivity contribution in [1.29, 1.82) is 0 Å². The molecule has 0 radical (unpaired) electrons. The maximum Gasteiger partial charge on any atom is 0.342 e. The summed E-state index contributed by atoms with van der Waals surface area (Å²) in [5.74, 6) is -2.44. The van der Waals surface area contributed by atoms with Crippen molar-refractivity contribution in [2.24, 2.45) is 0 Å². The molecule has 9 heteroatoms. The first-order valence-corrected chi connectivity index (χ1v) is 8.85. The Labute approximate surface area is 170 Å². The van der Waals surface area contributed by atoms with Crippen LogP contribution in [0.2, 0.25) is 0 Å². The first-order chi connectivity index (χ1) is 14.2. The molecule has 0 saturated heterocycles. The van der Waals surface area contributed by atoms with Crippen LogP contribution >= 0.6 is 0 Å². The van der Waals surface area contributed by atoms with E-state index in [0.717, 1.165) is 11.6 Å². The number of nitro groups is 1. The van der Waals surface area contributed by atoms with Crippen molar-refractivity contribution in [1.82, 2.24) is 0 Å². The quantitative estimate of drug-likeness (QED) is 0.253. The molecule has 9 nitrogen and oxygen atoms in total. The number of fused-ring (bicyclic) bond motifs is 1. The number of phenols is 2. The van der Waals surface area contributed by atoms with Gasteiger partial charge in [-0.3, -0.25) is 14.9 Å². The molecule has 0 saturated carbocycles. The van der Waals surface area contributed by atoms with Gasteiger partial charge in [0.25, 0.3) is 11.6 Å². The number of ether oxygens (including phenoxy) is 1. The van der Waals surface area contributed by atoms with Crippen LogP contribution in [0.1, 0.15) is 21.5 Å². The predicted molar refractivity (Wildman–Crippen MR) is 109 cm³/mol. The van der Waals surface area contributed by atoms with Gasteiger partial charge in [0.05, 0.1) is 4.92 Å². The average molecular weight is 410 g/mol. The fraction of sp³-hybridized carbons (Fsp3) is 0.143. The Balaban J connectivity index is 1.75. The Hall–Kier alpha value is -4.14. The molecule has 0 aliphatic carbocycles. The molecule has 30 heavy (non-hydrogen) atoms. The van der Waals surface area contributed by atoms with Gasteiger partial charge in [0, 0.05) is 16.8 Å². The highest BCUT2D eigenvalue weighted by Crippen LogP contribution is 2.35. The Morgan fingerprint density at radius 1 is 1.07 bits per heavy atom. The van der Waals surface area contributed by atoms with E-state index in [9.17, 15) is 29.9 Å². The van der Waals surface area contributed by atoms with Crippen LogP contribution in [0.25, 0.3) is 10.8 Å². The number of esters is 1. The highest BCUT2D eigenvalue weighted by atomic mass is 16.6. The average Bonchev–Trinajstić information content (AvgIpc) is 2.71. The zero-order valence-corrected chi connectivity index (χ0v) is 16.1. The van der Waals surface area contributed by atoms with Crippen molar-refractivity contribution >= 4 is 34.0 Å². The Kier molecular flexibility index (Phi) is 5.54. The minimum Gasteiger partial charge on any atom is -0.507 e. The second-order valence-corrected chi connectivity index (χ2v) is 6.67. The predicted octanol–water partition coefficient (Wildman–Crippen LogP) is 3.57. The van der Waals surface area contributed by atoms with E-state index in [4.69, 9.17) is 4.74 Å². The molecule has 3 rings (SSSR count). The summed E-state index contributed by atoms with van der Waals surface area (Å²) in [5.41, 5.74) is 0.823. The second-order valence-electron chi connectivity index (χ2n) is 6.67. The van der Waals surface area contributed by atoms with E-state index in [2.05, 4.69) is 5.32 Å². The molecule has 0 atom stereocenters. The molecular weight excluding hydrogens is 392 g/mol. The van der Waals surface area contributed by atoms with E-state index in [1.54, 1.807) is 32.0 Å². The van der Waals surface area contributed by atoms with Crippen molar-refractivity contribution in [3.63, 3.8) is 0 Å². The summed E-state index contributed by atoms with van der Waals surface area (Å²) in [7, 11) is 0. The smallest absolute Gasteiger partial charge is 0.342 e. The topological polar surface area (TPSA) is 139 Å². The van der Waals surface area contributed by atoms with Crippen LogP contribution in [0.15, 0.2) is 42.5 Å². The zero-order valence-electron chi connectivity index (χ0n) is 16.1. The molecule has 3 aromatic carbocycles. The molecule has 3 aromatic rings. The summed E-state index contributed by atoms with van der Waals surface area (Å²) >= 11 is 0. The van der Waals surface area contributed by atoms with Crippen molar-refractivity contribution in [2.45, 2.75) is 13.8 Å². The number of phenolic OH excluding ortho intramolecular Hbond substituents is 2. The number of amides is 1. The summed E-state index contributed by atoms with van der Waals surface area (Å²) in [6.45, 7) is 2.71. The van der Waals surface area contributed by atoms with Crippen LogP contribution in [0.4, 0.5) is 11.4 Å².